The van der Waals surface area contributed by atoms with Gasteiger partial charge >= 0.3 is 5.97 Å². The van der Waals surface area contributed by atoms with Gasteiger partial charge in [0.05, 0.1) is 13.5 Å². The Kier molecular flexibility index (Phi) is 4.19. The Morgan fingerprint density at radius 2 is 2.12 bits per heavy atom. The molecule has 0 aliphatic carbocycles. The van der Waals surface area contributed by atoms with Crippen LogP contribution in [0.2, 0.25) is 0 Å². The summed E-state index contributed by atoms with van der Waals surface area (Å²) in [4.78, 5) is 29.8. The second-order valence-electron chi connectivity index (χ2n) is 2.87. The second-order valence-corrected chi connectivity index (χ2v) is 2.87. The first-order valence-corrected chi connectivity index (χ1v) is 4.56. The molecular formula is C9H12N4O3. The predicted molar refractivity (Wildman–Crippen MR) is 55.4 cm³/mol. The van der Waals surface area contributed by atoms with E-state index in [2.05, 4.69) is 20.0 Å². The van der Waals surface area contributed by atoms with Crippen molar-refractivity contribution in [1.29, 1.82) is 0 Å². The molecule has 3 N–H and O–H groups in total. The zero-order valence-electron chi connectivity index (χ0n) is 8.77. The van der Waals surface area contributed by atoms with Gasteiger partial charge in [0.2, 0.25) is 0 Å². The van der Waals surface area contributed by atoms with E-state index in [-0.39, 0.29) is 24.5 Å². The number of amides is 1. The molecule has 0 saturated heterocycles. The van der Waals surface area contributed by atoms with Crippen LogP contribution in [0.15, 0.2) is 12.4 Å². The Balaban J connectivity index is 2.47. The summed E-state index contributed by atoms with van der Waals surface area (Å²) in [5, 5.41) is 2.48. The third kappa shape index (κ3) is 3.19. The standard InChI is InChI=1S/C9H12N4O3/c1-16-6(14)2-3-13-9(15)7-8(10)12-5-4-11-7/h4-5H,2-3H2,1H3,(H2,10,12)(H,13,15). The number of nitrogens with zero attached hydrogens (tertiary/aromatic N) is 2. The number of hydrogen-bond acceptors (Lipinski definition) is 6. The maximum absolute atomic E-state index is 11.5. The van der Waals surface area contributed by atoms with Crippen LogP contribution in [0.5, 0.6) is 0 Å². The minimum atomic E-state index is -0.463. The van der Waals surface area contributed by atoms with Gasteiger partial charge < -0.3 is 15.8 Å². The third-order valence-corrected chi connectivity index (χ3v) is 1.78. The van der Waals surface area contributed by atoms with E-state index in [0.29, 0.717) is 0 Å². The van der Waals surface area contributed by atoms with Crippen LogP contribution >= 0.6 is 0 Å². The molecule has 86 valence electrons. The van der Waals surface area contributed by atoms with Crippen LogP contribution in [0, 0.1) is 0 Å². The van der Waals surface area contributed by atoms with Crippen molar-refractivity contribution in [1.82, 2.24) is 15.3 Å². The zero-order valence-corrected chi connectivity index (χ0v) is 8.77. The maximum atomic E-state index is 11.5. The molecule has 0 fully saturated rings. The van der Waals surface area contributed by atoms with Crippen molar-refractivity contribution in [3.05, 3.63) is 18.1 Å². The van der Waals surface area contributed by atoms with Crippen molar-refractivity contribution < 1.29 is 14.3 Å². The fourth-order valence-corrected chi connectivity index (χ4v) is 0.988. The van der Waals surface area contributed by atoms with Gasteiger partial charge in [-0.25, -0.2) is 9.97 Å². The highest BCUT2D eigenvalue weighted by molar-refractivity contribution is 5.96. The predicted octanol–water partition coefficient (Wildman–Crippen LogP) is -0.648. The largest absolute Gasteiger partial charge is 0.469 e. The van der Waals surface area contributed by atoms with Gasteiger partial charge in [0.1, 0.15) is 0 Å². The normalized spacial score (nSPS) is 9.56. The SMILES string of the molecule is COC(=O)CCNC(=O)c1nccnc1N. The average Bonchev–Trinajstić information content (AvgIpc) is 2.29. The number of nitrogen functional groups attached to an aromatic ring is 1. The van der Waals surface area contributed by atoms with E-state index >= 15 is 0 Å². The van der Waals surface area contributed by atoms with Crippen molar-refractivity contribution >= 4 is 17.7 Å². The first-order chi connectivity index (χ1) is 7.65. The molecule has 0 unspecified atom stereocenters. The van der Waals surface area contributed by atoms with E-state index in [1.807, 2.05) is 0 Å². The highest BCUT2D eigenvalue weighted by Gasteiger charge is 2.11. The molecule has 1 rings (SSSR count). The molecule has 1 heterocycles. The molecule has 0 aliphatic heterocycles. The van der Waals surface area contributed by atoms with E-state index in [1.54, 1.807) is 0 Å². The summed E-state index contributed by atoms with van der Waals surface area (Å²) in [6.45, 7) is 0.168. The van der Waals surface area contributed by atoms with Gasteiger partial charge in [-0.2, -0.15) is 0 Å². The summed E-state index contributed by atoms with van der Waals surface area (Å²) in [5.74, 6) is -0.806. The number of methoxy groups -OCH3 is 1. The van der Waals surface area contributed by atoms with Crippen molar-refractivity contribution in [3.63, 3.8) is 0 Å². The van der Waals surface area contributed by atoms with Crippen LogP contribution < -0.4 is 11.1 Å². The summed E-state index contributed by atoms with van der Waals surface area (Å²) in [5.41, 5.74) is 5.50. The molecule has 1 aromatic rings. The summed E-state index contributed by atoms with van der Waals surface area (Å²) < 4.78 is 4.42. The van der Waals surface area contributed by atoms with Crippen LogP contribution in [-0.4, -0.2) is 35.5 Å². The summed E-state index contributed by atoms with van der Waals surface area (Å²) >= 11 is 0. The van der Waals surface area contributed by atoms with Gasteiger partial charge in [-0.3, -0.25) is 9.59 Å². The summed E-state index contributed by atoms with van der Waals surface area (Å²) in [7, 11) is 1.28. The molecule has 16 heavy (non-hydrogen) atoms. The monoisotopic (exact) mass is 224 g/mol. The number of nitrogens with two attached hydrogens (primary N) is 1. The van der Waals surface area contributed by atoms with Crippen molar-refractivity contribution in [2.75, 3.05) is 19.4 Å². The lowest BCUT2D eigenvalue weighted by Gasteiger charge is -2.04. The minimum absolute atomic E-state index is 0.0485. The molecule has 1 aromatic heterocycles. The number of carbonyl (C=O) groups is 2. The van der Waals surface area contributed by atoms with E-state index in [9.17, 15) is 9.59 Å². The Labute approximate surface area is 92.0 Å². The first-order valence-electron chi connectivity index (χ1n) is 4.56. The van der Waals surface area contributed by atoms with Gasteiger partial charge in [0.15, 0.2) is 11.5 Å². The van der Waals surface area contributed by atoms with Gasteiger partial charge in [-0.1, -0.05) is 0 Å². The molecule has 0 spiro atoms. The molecule has 0 bridgehead atoms. The molecule has 7 nitrogen and oxygen atoms in total. The molecule has 1 amide bonds. The molecule has 0 radical (unpaired) electrons. The third-order valence-electron chi connectivity index (χ3n) is 1.78. The Morgan fingerprint density at radius 1 is 1.44 bits per heavy atom. The molecule has 0 aliphatic rings. The first kappa shape index (κ1) is 11.9. The van der Waals surface area contributed by atoms with E-state index in [0.717, 1.165) is 0 Å². The topological polar surface area (TPSA) is 107 Å². The van der Waals surface area contributed by atoms with E-state index in [1.165, 1.54) is 19.5 Å². The minimum Gasteiger partial charge on any atom is -0.469 e. The lowest BCUT2D eigenvalue weighted by Crippen LogP contribution is -2.28. The van der Waals surface area contributed by atoms with Crippen molar-refractivity contribution in [2.24, 2.45) is 0 Å². The molecule has 7 heteroatoms. The van der Waals surface area contributed by atoms with Gasteiger partial charge in [0.25, 0.3) is 5.91 Å². The van der Waals surface area contributed by atoms with Crippen LogP contribution in [0.3, 0.4) is 0 Å². The lowest BCUT2D eigenvalue weighted by atomic mass is 10.3. The van der Waals surface area contributed by atoms with Gasteiger partial charge in [0, 0.05) is 18.9 Å². The van der Waals surface area contributed by atoms with Crippen molar-refractivity contribution in [3.8, 4) is 0 Å². The lowest BCUT2D eigenvalue weighted by molar-refractivity contribution is -0.140. The second kappa shape index (κ2) is 5.64. The van der Waals surface area contributed by atoms with Crippen LogP contribution in [-0.2, 0) is 9.53 Å². The highest BCUT2D eigenvalue weighted by atomic mass is 16.5. The Morgan fingerprint density at radius 3 is 2.75 bits per heavy atom. The Bertz CT molecular complexity index is 394. The summed E-state index contributed by atoms with van der Waals surface area (Å²) in [6, 6.07) is 0. The number of anilines is 1. The summed E-state index contributed by atoms with van der Waals surface area (Å²) in [6.07, 6.45) is 2.86. The number of nitrogens with one attached hydrogen (secondary N) is 1. The Hall–Kier alpha value is -2.18. The number of ether oxygens (including phenoxy) is 1. The van der Waals surface area contributed by atoms with E-state index < -0.39 is 11.9 Å². The molecule has 0 saturated carbocycles. The number of rotatable bonds is 4. The number of aromatic nitrogens is 2. The van der Waals surface area contributed by atoms with Crippen LogP contribution in [0.4, 0.5) is 5.82 Å². The average molecular weight is 224 g/mol. The van der Waals surface area contributed by atoms with Crippen molar-refractivity contribution in [2.45, 2.75) is 6.42 Å². The number of carbonyl (C=O) groups excluding carboxylic acids is 2. The molecule has 0 aromatic carbocycles. The zero-order chi connectivity index (χ0) is 12.0. The van der Waals surface area contributed by atoms with E-state index in [4.69, 9.17) is 5.73 Å². The van der Waals surface area contributed by atoms with Crippen LogP contribution in [0.1, 0.15) is 16.9 Å². The fraction of sp³-hybridized carbons (Fsp3) is 0.333. The number of esters is 1. The maximum Gasteiger partial charge on any atom is 0.307 e. The van der Waals surface area contributed by atoms with Gasteiger partial charge in [-0.05, 0) is 0 Å². The molecule has 0 atom stereocenters. The molecular weight excluding hydrogens is 212 g/mol. The fourth-order valence-electron chi connectivity index (χ4n) is 0.988. The van der Waals surface area contributed by atoms with Crippen LogP contribution in [0.25, 0.3) is 0 Å². The van der Waals surface area contributed by atoms with Gasteiger partial charge in [-0.15, -0.1) is 0 Å². The number of hydrogen-bond donors (Lipinski definition) is 2. The smallest absolute Gasteiger partial charge is 0.307 e. The quantitative estimate of drug-likeness (QED) is 0.658. The highest BCUT2D eigenvalue weighted by Crippen LogP contribution is 2.01.